The van der Waals surface area contributed by atoms with Gasteiger partial charge in [-0.2, -0.15) is 8.42 Å². The number of aliphatic hydroxyl groups excluding tert-OH is 1. The van der Waals surface area contributed by atoms with Gasteiger partial charge in [-0.05, 0) is 150 Å². The second kappa shape index (κ2) is 17.7. The van der Waals surface area contributed by atoms with Crippen molar-refractivity contribution < 1.29 is 27.1 Å². The molecular formula is C35H67N3O6S. The highest BCUT2D eigenvalue weighted by atomic mass is 32.3. The van der Waals surface area contributed by atoms with Crippen LogP contribution in [0.1, 0.15) is 118 Å². The zero-order valence-electron chi connectivity index (χ0n) is 29.1. The van der Waals surface area contributed by atoms with E-state index in [1.807, 2.05) is 7.05 Å². The normalized spacial score (nSPS) is 35.7. The van der Waals surface area contributed by atoms with Crippen LogP contribution in [0.4, 0.5) is 0 Å². The van der Waals surface area contributed by atoms with Gasteiger partial charge in [-0.1, -0.05) is 40.5 Å². The topological polar surface area (TPSA) is 151 Å². The summed E-state index contributed by atoms with van der Waals surface area (Å²) in [5.74, 6) is 2.73. The lowest BCUT2D eigenvalue weighted by atomic mass is 9.44. The Morgan fingerprint density at radius 1 is 0.978 bits per heavy atom. The zero-order chi connectivity index (χ0) is 33.3. The van der Waals surface area contributed by atoms with Crippen molar-refractivity contribution in [3.63, 3.8) is 0 Å². The molecular weight excluding hydrogens is 590 g/mol. The number of aliphatic hydroxyl groups is 1. The van der Waals surface area contributed by atoms with Gasteiger partial charge in [0.15, 0.2) is 0 Å². The molecule has 10 atom stereocenters. The van der Waals surface area contributed by atoms with Crippen LogP contribution in [0.25, 0.3) is 0 Å². The van der Waals surface area contributed by atoms with Crippen LogP contribution in [0.3, 0.4) is 0 Å². The van der Waals surface area contributed by atoms with Gasteiger partial charge in [0.25, 0.3) is 0 Å². The Morgan fingerprint density at radius 2 is 1.69 bits per heavy atom. The third-order valence-corrected chi connectivity index (χ3v) is 13.2. The van der Waals surface area contributed by atoms with Gasteiger partial charge < -0.3 is 21.5 Å². The predicted octanol–water partition coefficient (Wildman–Crippen LogP) is 5.37. The number of fused-ring (bicyclic) bond motifs is 5. The van der Waals surface area contributed by atoms with E-state index in [0.717, 1.165) is 45.4 Å². The number of nitrogens with one attached hydrogen (secondary N) is 2. The first-order chi connectivity index (χ1) is 21.3. The van der Waals surface area contributed by atoms with E-state index in [9.17, 15) is 18.3 Å². The largest absolute Gasteiger partial charge is 0.397 e. The molecule has 9 nitrogen and oxygen atoms in total. The lowest BCUT2D eigenvalue weighted by Gasteiger charge is -2.62. The summed E-state index contributed by atoms with van der Waals surface area (Å²) in [6.07, 6.45) is 15.7. The fraction of sp³-hybridized carbons (Fsp3) is 0.971. The molecule has 0 bridgehead atoms. The summed E-state index contributed by atoms with van der Waals surface area (Å²) in [7, 11) is -2.54. The number of carbonyl (C=O) groups is 1. The Hall–Kier alpha value is -0.620. The monoisotopic (exact) mass is 657 g/mol. The molecule has 0 amide bonds. The summed E-state index contributed by atoms with van der Waals surface area (Å²) in [5, 5.41) is 17.8. The van der Waals surface area contributed by atoms with Crippen LogP contribution in [0, 0.1) is 52.3 Å². The SMILES string of the molecule is CC(COS(=O)(=O)O)C(=O)CCC(C)C1CCC2C3C(CCC12C)C1(C)CCCC[C@@H]1C[C@H]3O.CNCCCNCCCCN. The summed E-state index contributed by atoms with van der Waals surface area (Å²) in [4.78, 5) is 12.6. The minimum absolute atomic E-state index is 0.0159. The number of unbranched alkanes of at least 4 members (excludes halogenated alkanes) is 1. The minimum Gasteiger partial charge on any atom is -0.393 e. The van der Waals surface area contributed by atoms with Gasteiger partial charge in [0.1, 0.15) is 5.78 Å². The Balaban J connectivity index is 0.000000430. The summed E-state index contributed by atoms with van der Waals surface area (Å²) in [6.45, 7) is 12.8. The van der Waals surface area contributed by atoms with Crippen molar-refractivity contribution in [1.82, 2.24) is 10.6 Å². The standard InChI is InChI=1S/C27H46O6S.C8H21N3/c1-17(8-11-23(28)18(2)16-33-34(30,31)32)20-9-10-21-25-22(12-14-27(20,21)4)26(3)13-6-5-7-19(26)15-24(25)29;1-10-6-4-8-11-7-3-2-5-9/h17-22,24-25,29H,5-16H2,1-4H3,(H,30,31,32);10-11H,2-9H2,1H3/t17?,18?,19-,20?,21?,22?,24-,25?,26?,27?;/m1./s1. The zero-order valence-corrected chi connectivity index (χ0v) is 29.9. The fourth-order valence-corrected chi connectivity index (χ4v) is 10.6. The van der Waals surface area contributed by atoms with Crippen molar-refractivity contribution in [3.8, 4) is 0 Å². The van der Waals surface area contributed by atoms with Crippen LogP contribution in [0.5, 0.6) is 0 Å². The molecule has 0 aromatic heterocycles. The van der Waals surface area contributed by atoms with Crippen molar-refractivity contribution in [3.05, 3.63) is 0 Å². The van der Waals surface area contributed by atoms with Gasteiger partial charge in [0, 0.05) is 12.3 Å². The summed E-state index contributed by atoms with van der Waals surface area (Å²) < 4.78 is 34.7. The summed E-state index contributed by atoms with van der Waals surface area (Å²) in [5.41, 5.74) is 5.98. The highest BCUT2D eigenvalue weighted by Gasteiger charge is 2.62. The van der Waals surface area contributed by atoms with E-state index in [-0.39, 0.29) is 23.9 Å². The van der Waals surface area contributed by atoms with Gasteiger partial charge in [0.2, 0.25) is 0 Å². The number of Topliss-reactive ketones (excluding diaryl/α,β-unsaturated/α-hetero) is 1. The first-order valence-electron chi connectivity index (χ1n) is 18.2. The first kappa shape index (κ1) is 38.8. The summed E-state index contributed by atoms with van der Waals surface area (Å²) >= 11 is 0. The molecule has 4 saturated carbocycles. The second-order valence-corrected chi connectivity index (χ2v) is 16.7. The van der Waals surface area contributed by atoms with E-state index in [4.69, 9.17) is 10.3 Å². The maximum absolute atomic E-state index is 12.6. The maximum Gasteiger partial charge on any atom is 0.397 e. The third kappa shape index (κ3) is 10.2. The number of hydrogen-bond acceptors (Lipinski definition) is 8. The quantitative estimate of drug-likeness (QED) is 0.109. The molecule has 6 N–H and O–H groups in total. The molecule has 0 spiro atoms. The average Bonchev–Trinajstić information content (AvgIpc) is 3.35. The second-order valence-electron chi connectivity index (χ2n) is 15.6. The van der Waals surface area contributed by atoms with Gasteiger partial charge in [-0.25, -0.2) is 4.18 Å². The number of ketones is 1. The number of nitrogens with two attached hydrogens (primary N) is 1. The lowest BCUT2D eigenvalue weighted by Crippen LogP contribution is -2.57. The number of rotatable bonds is 16. The van der Waals surface area contributed by atoms with Crippen molar-refractivity contribution in [2.24, 2.45) is 58.0 Å². The van der Waals surface area contributed by atoms with Crippen LogP contribution in [0.2, 0.25) is 0 Å². The molecule has 0 radical (unpaired) electrons. The van der Waals surface area contributed by atoms with E-state index < -0.39 is 16.3 Å². The van der Waals surface area contributed by atoms with Crippen LogP contribution >= 0.6 is 0 Å². The maximum atomic E-state index is 12.6. The molecule has 264 valence electrons. The molecule has 4 aliphatic rings. The van der Waals surface area contributed by atoms with Crippen LogP contribution in [-0.4, -0.2) is 69.8 Å². The van der Waals surface area contributed by atoms with Crippen LogP contribution < -0.4 is 16.4 Å². The smallest absolute Gasteiger partial charge is 0.393 e. The Morgan fingerprint density at radius 3 is 2.38 bits per heavy atom. The van der Waals surface area contributed by atoms with E-state index in [1.165, 1.54) is 64.2 Å². The van der Waals surface area contributed by atoms with Gasteiger partial charge in [-0.3, -0.25) is 9.35 Å². The Labute approximate surface area is 274 Å². The molecule has 0 aromatic carbocycles. The highest BCUT2D eigenvalue weighted by Crippen LogP contribution is 2.68. The predicted molar refractivity (Wildman–Crippen MR) is 181 cm³/mol. The van der Waals surface area contributed by atoms with Crippen molar-refractivity contribution in [2.75, 3.05) is 39.8 Å². The van der Waals surface area contributed by atoms with Crippen LogP contribution in [0.15, 0.2) is 0 Å². The minimum atomic E-state index is -4.52. The highest BCUT2D eigenvalue weighted by molar-refractivity contribution is 7.80. The molecule has 0 aromatic rings. The molecule has 0 saturated heterocycles. The molecule has 10 heteroatoms. The molecule has 4 aliphatic carbocycles. The molecule has 0 heterocycles. The van der Waals surface area contributed by atoms with Gasteiger partial charge in [0.05, 0.1) is 12.7 Å². The molecule has 4 rings (SSSR count). The summed E-state index contributed by atoms with van der Waals surface area (Å²) in [6, 6.07) is 0. The van der Waals surface area contributed by atoms with Crippen LogP contribution in [-0.2, 0) is 19.4 Å². The number of hydrogen-bond donors (Lipinski definition) is 5. The Bertz CT molecular complexity index is 1010. The van der Waals surface area contributed by atoms with Crippen molar-refractivity contribution >= 4 is 16.2 Å². The van der Waals surface area contributed by atoms with Crippen molar-refractivity contribution in [2.45, 2.75) is 124 Å². The van der Waals surface area contributed by atoms with Crippen molar-refractivity contribution in [1.29, 1.82) is 0 Å². The van der Waals surface area contributed by atoms with E-state index in [1.54, 1.807) is 6.92 Å². The average molecular weight is 658 g/mol. The van der Waals surface area contributed by atoms with Gasteiger partial charge >= 0.3 is 10.4 Å². The lowest BCUT2D eigenvalue weighted by molar-refractivity contribution is -0.164. The molecule has 4 fully saturated rings. The van der Waals surface area contributed by atoms with E-state index in [2.05, 4.69) is 35.6 Å². The first-order valence-corrected chi connectivity index (χ1v) is 19.5. The number of carbonyl (C=O) groups excluding carboxylic acids is 1. The van der Waals surface area contributed by atoms with E-state index >= 15 is 0 Å². The molecule has 45 heavy (non-hydrogen) atoms. The van der Waals surface area contributed by atoms with Gasteiger partial charge in [-0.15, -0.1) is 0 Å². The Kier molecular flexibility index (Phi) is 15.3. The van der Waals surface area contributed by atoms with E-state index in [0.29, 0.717) is 47.3 Å². The third-order valence-electron chi connectivity index (χ3n) is 12.8. The molecule has 8 unspecified atom stereocenters. The fourth-order valence-electron chi connectivity index (χ4n) is 10.2. The molecule has 0 aliphatic heterocycles.